The van der Waals surface area contributed by atoms with Crippen molar-refractivity contribution in [2.45, 2.75) is 51.6 Å². The summed E-state index contributed by atoms with van der Waals surface area (Å²) in [5.41, 5.74) is 7.31. The molecule has 1 saturated carbocycles. The largest absolute Gasteiger partial charge is 0.494 e. The Bertz CT molecular complexity index is 1430. The lowest BCUT2D eigenvalue weighted by Gasteiger charge is -2.14. The van der Waals surface area contributed by atoms with Gasteiger partial charge in [0.05, 0.1) is 24.9 Å². The van der Waals surface area contributed by atoms with E-state index >= 15 is 0 Å². The summed E-state index contributed by atoms with van der Waals surface area (Å²) in [5.74, 6) is 1.87. The molecule has 7 heteroatoms. The molecule has 39 heavy (non-hydrogen) atoms. The van der Waals surface area contributed by atoms with Crippen LogP contribution in [0.25, 0.3) is 11.1 Å². The molecule has 5 rings (SSSR count). The molecule has 206 valence electrons. The van der Waals surface area contributed by atoms with Crippen molar-refractivity contribution in [1.82, 2.24) is 0 Å². The Morgan fingerprint density at radius 3 is 2.44 bits per heavy atom. The predicted octanol–water partition coefficient (Wildman–Crippen LogP) is 5.90. The number of ether oxygens (including phenoxy) is 3. The van der Waals surface area contributed by atoms with E-state index in [0.29, 0.717) is 26.2 Å². The zero-order chi connectivity index (χ0) is 27.4. The minimum absolute atomic E-state index is 0.0123. The van der Waals surface area contributed by atoms with E-state index in [0.717, 1.165) is 48.3 Å². The Morgan fingerprint density at radius 1 is 0.897 bits per heavy atom. The third-order valence-electron chi connectivity index (χ3n) is 7.46. The van der Waals surface area contributed by atoms with E-state index in [2.05, 4.69) is 30.3 Å². The van der Waals surface area contributed by atoms with Crippen LogP contribution in [-0.2, 0) is 38.8 Å². The summed E-state index contributed by atoms with van der Waals surface area (Å²) >= 11 is 0. The summed E-state index contributed by atoms with van der Waals surface area (Å²) in [6, 6.07) is 20.8. The van der Waals surface area contributed by atoms with Crippen LogP contribution in [-0.4, -0.2) is 39.6 Å². The predicted molar refractivity (Wildman–Crippen MR) is 152 cm³/mol. The van der Waals surface area contributed by atoms with Gasteiger partial charge in [-0.1, -0.05) is 30.3 Å². The fourth-order valence-electron chi connectivity index (χ4n) is 5.34. The lowest BCUT2D eigenvalue weighted by Crippen LogP contribution is -2.08. The number of carbonyl (C=O) groups is 1. The molecular weight excluding hydrogens is 512 g/mol. The average Bonchev–Trinajstić information content (AvgIpc) is 3.73. The average molecular weight is 549 g/mol. The van der Waals surface area contributed by atoms with Crippen molar-refractivity contribution in [3.05, 3.63) is 82.9 Å². The molecule has 0 radical (unpaired) electrons. The van der Waals surface area contributed by atoms with Gasteiger partial charge in [-0.05, 0) is 109 Å². The molecule has 2 atom stereocenters. The minimum atomic E-state index is -2.97. The first kappa shape index (κ1) is 27.3. The van der Waals surface area contributed by atoms with Gasteiger partial charge in [-0.25, -0.2) is 8.42 Å². The van der Waals surface area contributed by atoms with Crippen LogP contribution in [0.4, 0.5) is 0 Å². The van der Waals surface area contributed by atoms with E-state index in [9.17, 15) is 13.2 Å². The van der Waals surface area contributed by atoms with Gasteiger partial charge >= 0.3 is 5.97 Å². The van der Waals surface area contributed by atoms with E-state index in [1.165, 1.54) is 28.5 Å². The molecule has 3 aromatic carbocycles. The van der Waals surface area contributed by atoms with E-state index in [4.69, 9.17) is 14.2 Å². The second-order valence-electron chi connectivity index (χ2n) is 10.6. The molecule has 6 nitrogen and oxygen atoms in total. The maximum atomic E-state index is 11.9. The Kier molecular flexibility index (Phi) is 8.26. The van der Waals surface area contributed by atoms with Gasteiger partial charge in [0.1, 0.15) is 27.9 Å². The second kappa shape index (κ2) is 11.8. The molecule has 0 amide bonds. The minimum Gasteiger partial charge on any atom is -0.494 e. The molecule has 0 spiro atoms. The zero-order valence-electron chi connectivity index (χ0n) is 22.6. The normalized spacial score (nSPS) is 17.9. The van der Waals surface area contributed by atoms with Gasteiger partial charge in [0.2, 0.25) is 0 Å². The molecule has 0 bridgehead atoms. The van der Waals surface area contributed by atoms with Gasteiger partial charge in [0, 0.05) is 6.26 Å². The topological polar surface area (TPSA) is 78.9 Å². The van der Waals surface area contributed by atoms with Crippen LogP contribution < -0.4 is 9.47 Å². The van der Waals surface area contributed by atoms with Crippen molar-refractivity contribution < 1.29 is 27.4 Å². The van der Waals surface area contributed by atoms with E-state index in [-0.39, 0.29) is 23.6 Å². The third-order valence-corrected chi connectivity index (χ3v) is 8.49. The van der Waals surface area contributed by atoms with Gasteiger partial charge in [-0.3, -0.25) is 4.79 Å². The number of rotatable bonds is 11. The summed E-state index contributed by atoms with van der Waals surface area (Å²) in [6.45, 7) is 3.12. The SMILES string of the molecule is CCOC(=O)[C@H]1C[C@@H]1c1ccc(OCc2ccc3c(c2)-c2ccc(OCCCS(C)(=O)=O)cc2CCC3)cc1. The number of hydrogen-bond acceptors (Lipinski definition) is 6. The highest BCUT2D eigenvalue weighted by atomic mass is 32.2. The molecule has 0 heterocycles. The van der Waals surface area contributed by atoms with Crippen molar-refractivity contribution >= 4 is 15.8 Å². The number of aryl methyl sites for hydroxylation is 2. The Balaban J connectivity index is 1.22. The first-order valence-corrected chi connectivity index (χ1v) is 15.8. The van der Waals surface area contributed by atoms with Gasteiger partial charge in [-0.2, -0.15) is 0 Å². The number of fused-ring (bicyclic) bond motifs is 3. The summed E-state index contributed by atoms with van der Waals surface area (Å²) < 4.78 is 39.8. The smallest absolute Gasteiger partial charge is 0.309 e. The highest BCUT2D eigenvalue weighted by Crippen LogP contribution is 2.48. The molecule has 0 aliphatic heterocycles. The highest BCUT2D eigenvalue weighted by Gasteiger charge is 2.45. The van der Waals surface area contributed by atoms with Gasteiger partial charge in [0.25, 0.3) is 0 Å². The lowest BCUT2D eigenvalue weighted by molar-refractivity contribution is -0.144. The fraction of sp³-hybridized carbons (Fsp3) is 0.406. The second-order valence-corrected chi connectivity index (χ2v) is 12.8. The number of sulfone groups is 1. The number of hydrogen-bond donors (Lipinski definition) is 0. The van der Waals surface area contributed by atoms with Crippen LogP contribution in [0.2, 0.25) is 0 Å². The van der Waals surface area contributed by atoms with E-state index < -0.39 is 9.84 Å². The van der Waals surface area contributed by atoms with Gasteiger partial charge in [0.15, 0.2) is 0 Å². The van der Waals surface area contributed by atoms with Gasteiger partial charge < -0.3 is 14.2 Å². The molecule has 0 saturated heterocycles. The first-order valence-electron chi connectivity index (χ1n) is 13.8. The standard InChI is InChI=1S/C32H36O6S/c1-3-36-32(33)31-20-30(31)24-10-12-26(13-11-24)38-21-22-8-9-23-6-4-7-25-19-27(14-15-28(25)29(23)18-22)37-16-5-17-39(2,34)35/h8-15,18-19,30-31H,3-7,16-17,20-21H2,1-2H3/t30-,31+/m1/s1. The molecule has 2 aliphatic rings. The number of carbonyl (C=O) groups excluding carboxylic acids is 1. The maximum Gasteiger partial charge on any atom is 0.309 e. The highest BCUT2D eigenvalue weighted by molar-refractivity contribution is 7.90. The van der Waals surface area contributed by atoms with Crippen LogP contribution in [0.15, 0.2) is 60.7 Å². The number of benzene rings is 3. The molecule has 2 aliphatic carbocycles. The Labute approximate surface area is 231 Å². The van der Waals surface area contributed by atoms with E-state index in [1.54, 1.807) is 0 Å². The van der Waals surface area contributed by atoms with Crippen LogP contribution in [0.3, 0.4) is 0 Å². The molecule has 3 aromatic rings. The van der Waals surface area contributed by atoms with Crippen molar-refractivity contribution in [1.29, 1.82) is 0 Å². The zero-order valence-corrected chi connectivity index (χ0v) is 23.5. The monoisotopic (exact) mass is 548 g/mol. The number of esters is 1. The van der Waals surface area contributed by atoms with Gasteiger partial charge in [-0.15, -0.1) is 0 Å². The van der Waals surface area contributed by atoms with E-state index in [1.807, 2.05) is 37.3 Å². The van der Waals surface area contributed by atoms with Crippen molar-refractivity contribution in [3.8, 4) is 22.6 Å². The maximum absolute atomic E-state index is 11.9. The van der Waals surface area contributed by atoms with Crippen molar-refractivity contribution in [2.24, 2.45) is 5.92 Å². The first-order chi connectivity index (χ1) is 18.8. The van der Waals surface area contributed by atoms with Crippen molar-refractivity contribution in [2.75, 3.05) is 25.2 Å². The third kappa shape index (κ3) is 7.01. The van der Waals surface area contributed by atoms with Crippen molar-refractivity contribution in [3.63, 3.8) is 0 Å². The molecular formula is C32H36O6S. The molecule has 0 aromatic heterocycles. The molecule has 1 fully saturated rings. The Hall–Kier alpha value is -3.32. The summed E-state index contributed by atoms with van der Waals surface area (Å²) in [4.78, 5) is 11.9. The quantitative estimate of drug-likeness (QED) is 0.219. The fourth-order valence-corrected chi connectivity index (χ4v) is 5.99. The summed E-state index contributed by atoms with van der Waals surface area (Å²) in [5, 5.41) is 0. The van der Waals surface area contributed by atoms with Crippen LogP contribution in [0.1, 0.15) is 54.4 Å². The lowest BCUT2D eigenvalue weighted by atomic mass is 9.95. The van der Waals surface area contributed by atoms with Crippen LogP contribution >= 0.6 is 0 Å². The Morgan fingerprint density at radius 2 is 1.67 bits per heavy atom. The molecule has 0 N–H and O–H groups in total. The molecule has 0 unspecified atom stereocenters. The van der Waals surface area contributed by atoms with Crippen LogP contribution in [0, 0.1) is 5.92 Å². The summed E-state index contributed by atoms with van der Waals surface area (Å²) in [7, 11) is -2.97. The summed E-state index contributed by atoms with van der Waals surface area (Å²) in [6.07, 6.45) is 5.65. The van der Waals surface area contributed by atoms with Crippen LogP contribution in [0.5, 0.6) is 11.5 Å².